The molecule has 29 heavy (non-hydrogen) atoms. The van der Waals surface area contributed by atoms with E-state index in [1.165, 1.54) is 0 Å². The summed E-state index contributed by atoms with van der Waals surface area (Å²) in [5, 5.41) is 2.98. The van der Waals surface area contributed by atoms with Crippen molar-refractivity contribution in [3.63, 3.8) is 0 Å². The summed E-state index contributed by atoms with van der Waals surface area (Å²) in [6, 6.07) is 19.5. The van der Waals surface area contributed by atoms with Crippen LogP contribution in [0.25, 0.3) is 0 Å². The highest BCUT2D eigenvalue weighted by molar-refractivity contribution is 6.00. The molecule has 1 saturated carbocycles. The second-order valence-corrected chi connectivity index (χ2v) is 7.31. The Balaban J connectivity index is 1.44. The van der Waals surface area contributed by atoms with E-state index in [2.05, 4.69) is 10.3 Å². The molecular formula is C24H24N2O3. The van der Waals surface area contributed by atoms with Crippen molar-refractivity contribution in [1.82, 2.24) is 4.98 Å². The zero-order chi connectivity index (χ0) is 20.3. The number of hydrogen-bond donors (Lipinski definition) is 1. The molecule has 0 atom stereocenters. The van der Waals surface area contributed by atoms with Crippen LogP contribution in [0.3, 0.4) is 0 Å². The lowest BCUT2D eigenvalue weighted by Crippen LogP contribution is -2.28. The lowest BCUT2D eigenvalue weighted by atomic mass is 9.95. The summed E-state index contributed by atoms with van der Waals surface area (Å²) in [4.78, 5) is 17.4. The molecule has 1 aliphatic rings. The van der Waals surface area contributed by atoms with Gasteiger partial charge in [-0.05, 0) is 53.8 Å². The molecule has 148 valence electrons. The lowest BCUT2D eigenvalue weighted by molar-refractivity contribution is -0.118. The number of aromatic nitrogens is 1. The number of carbonyl (C=O) groups excluding carboxylic acids is 1. The van der Waals surface area contributed by atoms with Gasteiger partial charge in [0, 0.05) is 12.6 Å². The molecule has 4 rings (SSSR count). The van der Waals surface area contributed by atoms with Gasteiger partial charge in [0.1, 0.15) is 17.3 Å². The van der Waals surface area contributed by atoms with Crippen LogP contribution >= 0.6 is 0 Å². The molecule has 1 heterocycles. The van der Waals surface area contributed by atoms with E-state index in [1.807, 2.05) is 60.7 Å². The number of para-hydroxylation sites is 1. The molecule has 5 nitrogen and oxygen atoms in total. The largest absolute Gasteiger partial charge is 0.497 e. The predicted octanol–water partition coefficient (Wildman–Crippen LogP) is 4.36. The lowest BCUT2D eigenvalue weighted by Gasteiger charge is -2.16. The molecule has 2 aromatic carbocycles. The van der Waals surface area contributed by atoms with Gasteiger partial charge in [-0.25, -0.2) is 4.98 Å². The third-order valence-corrected chi connectivity index (χ3v) is 5.48. The average molecular weight is 388 g/mol. The first-order valence-corrected chi connectivity index (χ1v) is 9.67. The molecule has 1 aromatic heterocycles. The Hall–Kier alpha value is -3.34. The van der Waals surface area contributed by atoms with E-state index in [1.54, 1.807) is 20.4 Å². The van der Waals surface area contributed by atoms with Gasteiger partial charge in [0.05, 0.1) is 19.6 Å². The van der Waals surface area contributed by atoms with Crippen LogP contribution in [0.1, 0.15) is 29.5 Å². The first-order valence-electron chi connectivity index (χ1n) is 9.67. The van der Waals surface area contributed by atoms with Gasteiger partial charge in [-0.15, -0.1) is 0 Å². The van der Waals surface area contributed by atoms with Crippen LogP contribution < -0.4 is 14.8 Å². The number of carbonyl (C=O) groups is 1. The SMILES string of the molecule is COc1ccc(C2(C(=O)Nc3ccc(Cc4ccccc4OC)cn3)CC2)cc1. The van der Waals surface area contributed by atoms with E-state index in [-0.39, 0.29) is 5.91 Å². The van der Waals surface area contributed by atoms with Gasteiger partial charge in [0.2, 0.25) is 5.91 Å². The first-order chi connectivity index (χ1) is 14.1. The Kier molecular flexibility index (Phi) is 5.21. The van der Waals surface area contributed by atoms with Crippen molar-refractivity contribution in [2.24, 2.45) is 0 Å². The van der Waals surface area contributed by atoms with Crippen LogP contribution in [0.5, 0.6) is 11.5 Å². The van der Waals surface area contributed by atoms with Crippen molar-refractivity contribution in [2.45, 2.75) is 24.7 Å². The highest BCUT2D eigenvalue weighted by Gasteiger charge is 2.51. The summed E-state index contributed by atoms with van der Waals surface area (Å²) in [5.41, 5.74) is 2.72. The van der Waals surface area contributed by atoms with Crippen molar-refractivity contribution in [1.29, 1.82) is 0 Å². The molecule has 1 fully saturated rings. The number of nitrogens with one attached hydrogen (secondary N) is 1. The monoisotopic (exact) mass is 388 g/mol. The van der Waals surface area contributed by atoms with Crippen LogP contribution in [0.2, 0.25) is 0 Å². The van der Waals surface area contributed by atoms with Gasteiger partial charge in [-0.2, -0.15) is 0 Å². The molecular weight excluding hydrogens is 364 g/mol. The van der Waals surface area contributed by atoms with E-state index in [4.69, 9.17) is 9.47 Å². The molecule has 1 amide bonds. The molecule has 1 aliphatic carbocycles. The quantitative estimate of drug-likeness (QED) is 0.653. The summed E-state index contributed by atoms with van der Waals surface area (Å²) >= 11 is 0. The molecule has 0 bridgehead atoms. The number of nitrogens with zero attached hydrogens (tertiary/aromatic N) is 1. The third-order valence-electron chi connectivity index (χ3n) is 5.48. The first kappa shape index (κ1) is 19.0. The van der Waals surface area contributed by atoms with E-state index < -0.39 is 5.41 Å². The van der Waals surface area contributed by atoms with Crippen LogP contribution in [0, 0.1) is 0 Å². The molecule has 0 spiro atoms. The van der Waals surface area contributed by atoms with E-state index in [0.29, 0.717) is 5.82 Å². The van der Waals surface area contributed by atoms with Crippen LogP contribution in [0.15, 0.2) is 66.9 Å². The Morgan fingerprint density at radius 2 is 1.76 bits per heavy atom. The second kappa shape index (κ2) is 7.95. The number of amides is 1. The highest BCUT2D eigenvalue weighted by Crippen LogP contribution is 2.49. The number of methoxy groups -OCH3 is 2. The number of benzene rings is 2. The van der Waals surface area contributed by atoms with Crippen molar-refractivity contribution in [3.8, 4) is 11.5 Å². The number of ether oxygens (including phenoxy) is 2. The number of hydrogen-bond acceptors (Lipinski definition) is 4. The third kappa shape index (κ3) is 3.94. The molecule has 0 radical (unpaired) electrons. The predicted molar refractivity (Wildman–Crippen MR) is 113 cm³/mol. The molecule has 3 aromatic rings. The topological polar surface area (TPSA) is 60.5 Å². The average Bonchev–Trinajstić information content (AvgIpc) is 3.58. The Morgan fingerprint density at radius 3 is 2.38 bits per heavy atom. The summed E-state index contributed by atoms with van der Waals surface area (Å²) in [7, 11) is 3.31. The van der Waals surface area contributed by atoms with Crippen molar-refractivity contribution < 1.29 is 14.3 Å². The van der Waals surface area contributed by atoms with E-state index >= 15 is 0 Å². The number of anilines is 1. The van der Waals surface area contributed by atoms with Gasteiger partial charge in [0.25, 0.3) is 0 Å². The van der Waals surface area contributed by atoms with Gasteiger partial charge < -0.3 is 14.8 Å². The fourth-order valence-electron chi connectivity index (χ4n) is 3.59. The van der Waals surface area contributed by atoms with Crippen molar-refractivity contribution in [3.05, 3.63) is 83.6 Å². The number of rotatable bonds is 7. The highest BCUT2D eigenvalue weighted by atomic mass is 16.5. The Labute approximate surface area is 170 Å². The maximum atomic E-state index is 12.9. The minimum absolute atomic E-state index is 0.00681. The summed E-state index contributed by atoms with van der Waals surface area (Å²) in [5.74, 6) is 2.21. The number of pyridine rings is 1. The molecule has 0 unspecified atom stereocenters. The summed E-state index contributed by atoms with van der Waals surface area (Å²) < 4.78 is 10.6. The Morgan fingerprint density at radius 1 is 1.00 bits per heavy atom. The van der Waals surface area contributed by atoms with E-state index in [0.717, 1.165) is 47.5 Å². The van der Waals surface area contributed by atoms with Gasteiger partial charge in [-0.3, -0.25) is 4.79 Å². The zero-order valence-corrected chi connectivity index (χ0v) is 16.6. The maximum absolute atomic E-state index is 12.9. The van der Waals surface area contributed by atoms with Crippen molar-refractivity contribution >= 4 is 11.7 Å². The molecule has 1 N–H and O–H groups in total. The second-order valence-electron chi connectivity index (χ2n) is 7.31. The molecule has 0 aliphatic heterocycles. The van der Waals surface area contributed by atoms with Crippen LogP contribution in [-0.2, 0) is 16.6 Å². The maximum Gasteiger partial charge on any atom is 0.236 e. The Bertz CT molecular complexity index is 993. The van der Waals surface area contributed by atoms with Crippen LogP contribution in [0.4, 0.5) is 5.82 Å². The molecule has 0 saturated heterocycles. The normalized spacial score (nSPS) is 14.1. The van der Waals surface area contributed by atoms with Gasteiger partial charge in [0.15, 0.2) is 0 Å². The fraction of sp³-hybridized carbons (Fsp3) is 0.250. The molecule has 5 heteroatoms. The fourth-order valence-corrected chi connectivity index (χ4v) is 3.59. The van der Waals surface area contributed by atoms with Crippen molar-refractivity contribution in [2.75, 3.05) is 19.5 Å². The van der Waals surface area contributed by atoms with E-state index in [9.17, 15) is 4.79 Å². The smallest absolute Gasteiger partial charge is 0.236 e. The summed E-state index contributed by atoms with van der Waals surface area (Å²) in [6.07, 6.45) is 4.21. The minimum atomic E-state index is -0.454. The zero-order valence-electron chi connectivity index (χ0n) is 16.6. The summed E-state index contributed by atoms with van der Waals surface area (Å²) in [6.45, 7) is 0. The van der Waals surface area contributed by atoms with Gasteiger partial charge >= 0.3 is 0 Å². The standard InChI is InChI=1S/C24H24N2O3/c1-28-20-10-8-19(9-11-20)24(13-14-24)23(27)26-22-12-7-17(16-25-22)15-18-5-3-4-6-21(18)29-2/h3-12,16H,13-15H2,1-2H3,(H,25,26,27). The van der Waals surface area contributed by atoms with Crippen LogP contribution in [-0.4, -0.2) is 25.1 Å². The minimum Gasteiger partial charge on any atom is -0.497 e. The van der Waals surface area contributed by atoms with Gasteiger partial charge in [-0.1, -0.05) is 36.4 Å².